The monoisotopic (exact) mass is 443 g/mol. The van der Waals surface area contributed by atoms with Crippen LogP contribution in [0.5, 0.6) is 0 Å². The Morgan fingerprint density at radius 3 is 2.38 bits per heavy atom. The van der Waals surface area contributed by atoms with E-state index >= 15 is 8.78 Å². The zero-order valence-electron chi connectivity index (χ0n) is 17.5. The third-order valence-corrected chi connectivity index (χ3v) is 4.94. The number of unbranched alkanes of at least 4 members (excludes halogenated alkanes) is 1. The first-order valence-electron chi connectivity index (χ1n) is 10.2. The standard InChI is InChI=1S/C23H23F2N3O4/c1-2-3-13-28(22(31)20-27-16-11-7-8-12-17(16)32-20)21(30)19(15-9-5-4-6-10-15)23(24,25)14-18(26)29/h4-12,19H,2-3,13-14H2,1H3,(H2,26,29)/t19-/m0/s1. The minimum atomic E-state index is -3.81. The molecular weight excluding hydrogens is 420 g/mol. The zero-order chi connectivity index (χ0) is 23.3. The third-order valence-electron chi connectivity index (χ3n) is 4.94. The summed E-state index contributed by atoms with van der Waals surface area (Å²) in [7, 11) is 0. The van der Waals surface area contributed by atoms with Gasteiger partial charge in [-0.1, -0.05) is 55.8 Å². The van der Waals surface area contributed by atoms with Crippen molar-refractivity contribution in [3.63, 3.8) is 0 Å². The molecule has 0 radical (unpaired) electrons. The fraction of sp³-hybridized carbons (Fsp3) is 0.304. The van der Waals surface area contributed by atoms with Crippen LogP contribution in [0.15, 0.2) is 59.0 Å². The molecule has 0 fully saturated rings. The number of primary amides is 1. The smallest absolute Gasteiger partial charge is 0.316 e. The fourth-order valence-electron chi connectivity index (χ4n) is 3.41. The first kappa shape index (κ1) is 23.1. The third kappa shape index (κ3) is 4.99. The van der Waals surface area contributed by atoms with Gasteiger partial charge in [0.1, 0.15) is 11.4 Å². The first-order chi connectivity index (χ1) is 15.2. The lowest BCUT2D eigenvalue weighted by atomic mass is 9.88. The number of alkyl halides is 2. The van der Waals surface area contributed by atoms with E-state index in [1.54, 1.807) is 30.3 Å². The molecular formula is C23H23F2N3O4. The quantitative estimate of drug-likeness (QED) is 0.540. The number of imide groups is 1. The van der Waals surface area contributed by atoms with E-state index in [0.29, 0.717) is 23.9 Å². The van der Waals surface area contributed by atoms with Gasteiger partial charge < -0.3 is 10.2 Å². The van der Waals surface area contributed by atoms with Crippen LogP contribution in [0.1, 0.15) is 48.4 Å². The lowest BCUT2D eigenvalue weighted by Crippen LogP contribution is -2.47. The fourth-order valence-corrected chi connectivity index (χ4v) is 3.41. The first-order valence-corrected chi connectivity index (χ1v) is 10.2. The SMILES string of the molecule is CCCCN(C(=O)c1nc2ccccc2o1)C(=O)[C@H](c1ccccc1)C(F)(F)CC(N)=O. The Bertz CT molecular complexity index is 1080. The molecule has 32 heavy (non-hydrogen) atoms. The van der Waals surface area contributed by atoms with Gasteiger partial charge in [0, 0.05) is 6.54 Å². The molecule has 1 atom stereocenters. The van der Waals surface area contributed by atoms with Gasteiger partial charge in [-0.15, -0.1) is 0 Å². The molecule has 0 unspecified atom stereocenters. The Morgan fingerprint density at radius 2 is 1.75 bits per heavy atom. The number of benzene rings is 2. The predicted molar refractivity (Wildman–Crippen MR) is 113 cm³/mol. The molecule has 3 amide bonds. The summed E-state index contributed by atoms with van der Waals surface area (Å²) in [5.74, 6) is -9.59. The van der Waals surface area contributed by atoms with Crippen molar-refractivity contribution in [2.24, 2.45) is 5.73 Å². The summed E-state index contributed by atoms with van der Waals surface area (Å²) in [5, 5.41) is 0. The highest BCUT2D eigenvalue weighted by Gasteiger charge is 2.49. The van der Waals surface area contributed by atoms with Gasteiger partial charge in [0.15, 0.2) is 5.58 Å². The van der Waals surface area contributed by atoms with Crippen molar-refractivity contribution in [2.45, 2.75) is 38.0 Å². The van der Waals surface area contributed by atoms with Crippen LogP contribution in [0.3, 0.4) is 0 Å². The Labute approximate surface area is 183 Å². The number of carbonyl (C=O) groups excluding carboxylic acids is 3. The van der Waals surface area contributed by atoms with E-state index in [4.69, 9.17) is 10.2 Å². The van der Waals surface area contributed by atoms with Crippen LogP contribution in [-0.4, -0.2) is 40.1 Å². The molecule has 0 aliphatic heterocycles. The molecule has 0 bridgehead atoms. The number of para-hydroxylation sites is 2. The molecule has 0 aliphatic carbocycles. The molecule has 7 nitrogen and oxygen atoms in total. The topological polar surface area (TPSA) is 106 Å². The predicted octanol–water partition coefficient (Wildman–Crippen LogP) is 3.89. The summed E-state index contributed by atoms with van der Waals surface area (Å²) in [5.41, 5.74) is 5.71. The van der Waals surface area contributed by atoms with Crippen molar-refractivity contribution in [3.05, 3.63) is 66.1 Å². The van der Waals surface area contributed by atoms with Gasteiger partial charge >= 0.3 is 5.91 Å². The number of fused-ring (bicyclic) bond motifs is 1. The number of carbonyl (C=O) groups is 3. The number of nitrogens with zero attached hydrogens (tertiary/aromatic N) is 2. The van der Waals surface area contributed by atoms with Gasteiger partial charge in [-0.05, 0) is 24.1 Å². The molecule has 0 saturated carbocycles. The van der Waals surface area contributed by atoms with Crippen LogP contribution in [0.4, 0.5) is 8.78 Å². The van der Waals surface area contributed by atoms with Crippen LogP contribution in [0, 0.1) is 0 Å². The van der Waals surface area contributed by atoms with E-state index in [0.717, 1.165) is 4.90 Å². The van der Waals surface area contributed by atoms with Crippen LogP contribution >= 0.6 is 0 Å². The minimum absolute atomic E-state index is 0.0318. The van der Waals surface area contributed by atoms with Crippen molar-refractivity contribution in [1.29, 1.82) is 0 Å². The molecule has 9 heteroatoms. The number of hydrogen-bond donors (Lipinski definition) is 1. The summed E-state index contributed by atoms with van der Waals surface area (Å²) >= 11 is 0. The second kappa shape index (κ2) is 9.67. The van der Waals surface area contributed by atoms with E-state index in [-0.39, 0.29) is 18.0 Å². The summed E-state index contributed by atoms with van der Waals surface area (Å²) in [4.78, 5) is 42.7. The molecule has 1 aromatic heterocycles. The highest BCUT2D eigenvalue weighted by Crippen LogP contribution is 2.38. The number of amides is 3. The van der Waals surface area contributed by atoms with Crippen LogP contribution in [0.2, 0.25) is 0 Å². The lowest BCUT2D eigenvalue weighted by molar-refractivity contribution is -0.143. The molecule has 1 heterocycles. The molecule has 168 valence electrons. The largest absolute Gasteiger partial charge is 0.432 e. The molecule has 2 aromatic carbocycles. The van der Waals surface area contributed by atoms with E-state index in [2.05, 4.69) is 4.98 Å². The number of nitrogens with two attached hydrogens (primary N) is 1. The summed E-state index contributed by atoms with van der Waals surface area (Å²) in [6.45, 7) is 1.73. The van der Waals surface area contributed by atoms with Crippen LogP contribution in [0.25, 0.3) is 11.1 Å². The van der Waals surface area contributed by atoms with E-state index in [1.807, 2.05) is 6.92 Å². The minimum Gasteiger partial charge on any atom is -0.432 e. The summed E-state index contributed by atoms with van der Waals surface area (Å²) < 4.78 is 35.6. The number of aromatic nitrogens is 1. The van der Waals surface area contributed by atoms with Gasteiger partial charge in [-0.3, -0.25) is 19.3 Å². The normalized spacial score (nSPS) is 12.5. The van der Waals surface area contributed by atoms with Gasteiger partial charge in [0.2, 0.25) is 11.8 Å². The lowest BCUT2D eigenvalue weighted by Gasteiger charge is -2.30. The molecule has 3 rings (SSSR count). The van der Waals surface area contributed by atoms with Crippen LogP contribution in [-0.2, 0) is 9.59 Å². The Kier molecular flexibility index (Phi) is 6.97. The van der Waals surface area contributed by atoms with Crippen molar-refractivity contribution in [2.75, 3.05) is 6.54 Å². The maximum atomic E-state index is 15.1. The van der Waals surface area contributed by atoms with Crippen molar-refractivity contribution < 1.29 is 27.6 Å². The Morgan fingerprint density at radius 1 is 1.09 bits per heavy atom. The summed E-state index contributed by atoms with van der Waals surface area (Å²) in [6.07, 6.45) is -0.337. The average molecular weight is 443 g/mol. The second-order valence-corrected chi connectivity index (χ2v) is 7.38. The summed E-state index contributed by atoms with van der Waals surface area (Å²) in [6, 6.07) is 13.9. The zero-order valence-corrected chi connectivity index (χ0v) is 17.5. The average Bonchev–Trinajstić information content (AvgIpc) is 3.18. The van der Waals surface area contributed by atoms with Gasteiger partial charge in [0.05, 0.1) is 6.42 Å². The number of oxazole rings is 1. The van der Waals surface area contributed by atoms with Crippen LogP contribution < -0.4 is 5.73 Å². The number of halogens is 2. The van der Waals surface area contributed by atoms with Crippen molar-refractivity contribution >= 4 is 28.8 Å². The molecule has 0 saturated heterocycles. The molecule has 2 N–H and O–H groups in total. The van der Waals surface area contributed by atoms with Gasteiger partial charge in [0.25, 0.3) is 11.8 Å². The van der Waals surface area contributed by atoms with E-state index in [1.165, 1.54) is 24.3 Å². The number of rotatable bonds is 9. The van der Waals surface area contributed by atoms with E-state index in [9.17, 15) is 14.4 Å². The van der Waals surface area contributed by atoms with E-state index < -0.39 is 36.0 Å². The van der Waals surface area contributed by atoms with Gasteiger partial charge in [-0.25, -0.2) is 13.8 Å². The second-order valence-electron chi connectivity index (χ2n) is 7.38. The maximum absolute atomic E-state index is 15.1. The Balaban J connectivity index is 2.03. The maximum Gasteiger partial charge on any atom is 0.316 e. The number of hydrogen-bond acceptors (Lipinski definition) is 5. The highest BCUT2D eigenvalue weighted by atomic mass is 19.3. The molecule has 0 spiro atoms. The molecule has 0 aliphatic rings. The van der Waals surface area contributed by atoms with Crippen molar-refractivity contribution in [1.82, 2.24) is 9.88 Å². The molecule has 3 aromatic rings. The Hall–Kier alpha value is -3.62. The van der Waals surface area contributed by atoms with Gasteiger partial charge in [-0.2, -0.15) is 0 Å². The highest BCUT2D eigenvalue weighted by molar-refractivity contribution is 6.05. The van der Waals surface area contributed by atoms with Crippen molar-refractivity contribution in [3.8, 4) is 0 Å².